The molecule has 2 nitrogen and oxygen atoms in total. The lowest BCUT2D eigenvalue weighted by molar-refractivity contribution is -0.116. The second-order valence-corrected chi connectivity index (χ2v) is 4.00. The van der Waals surface area contributed by atoms with E-state index in [1.165, 1.54) is 0 Å². The number of benzene rings is 1. The molecule has 0 aromatic heterocycles. The minimum absolute atomic E-state index is 0.222. The van der Waals surface area contributed by atoms with Crippen LogP contribution in [-0.4, -0.2) is 12.4 Å². The number of rotatable bonds is 7. The van der Waals surface area contributed by atoms with Crippen molar-refractivity contribution in [2.45, 2.75) is 32.6 Å². The maximum Gasteiger partial charge on any atom is 0.130 e. The minimum Gasteiger partial charge on any atom is -0.494 e. The fourth-order valence-electron chi connectivity index (χ4n) is 1.44. The van der Waals surface area contributed by atoms with Gasteiger partial charge in [0.1, 0.15) is 11.5 Å². The van der Waals surface area contributed by atoms with Gasteiger partial charge < -0.3 is 9.53 Å². The topological polar surface area (TPSA) is 26.3 Å². The van der Waals surface area contributed by atoms with Crippen molar-refractivity contribution in [3.63, 3.8) is 0 Å². The van der Waals surface area contributed by atoms with Gasteiger partial charge in [0.2, 0.25) is 0 Å². The van der Waals surface area contributed by atoms with E-state index < -0.39 is 0 Å². The summed E-state index contributed by atoms with van der Waals surface area (Å²) in [6.07, 6.45) is 8.17. The van der Waals surface area contributed by atoms with Crippen LogP contribution >= 0.6 is 0 Å². The van der Waals surface area contributed by atoms with Gasteiger partial charge in [0.15, 0.2) is 0 Å². The molecule has 0 unspecified atom stereocenters. The molecule has 90 valence electrons. The van der Waals surface area contributed by atoms with Crippen molar-refractivity contribution < 1.29 is 9.53 Å². The van der Waals surface area contributed by atoms with Crippen molar-refractivity contribution in [1.29, 1.82) is 0 Å². The van der Waals surface area contributed by atoms with Crippen molar-refractivity contribution >= 4 is 5.78 Å². The van der Waals surface area contributed by atoms with Gasteiger partial charge >= 0.3 is 0 Å². The third kappa shape index (κ3) is 5.77. The van der Waals surface area contributed by atoms with Crippen molar-refractivity contribution in [2.24, 2.45) is 0 Å². The Kier molecular flexibility index (Phi) is 5.88. The van der Waals surface area contributed by atoms with Crippen LogP contribution in [0.3, 0.4) is 0 Å². The van der Waals surface area contributed by atoms with E-state index in [1.54, 1.807) is 6.92 Å². The van der Waals surface area contributed by atoms with Crippen LogP contribution < -0.4 is 4.74 Å². The van der Waals surface area contributed by atoms with Gasteiger partial charge in [-0.15, -0.1) is 12.3 Å². The SMILES string of the molecule is C#CCCCOc1ccc(CCC(C)=O)cc1. The van der Waals surface area contributed by atoms with Crippen molar-refractivity contribution in [2.75, 3.05) is 6.61 Å². The van der Waals surface area contributed by atoms with Gasteiger partial charge in [-0.05, 0) is 37.5 Å². The molecule has 0 radical (unpaired) electrons. The summed E-state index contributed by atoms with van der Waals surface area (Å²) in [6.45, 7) is 2.26. The molecule has 0 fully saturated rings. The Labute approximate surface area is 103 Å². The molecule has 0 aliphatic carbocycles. The monoisotopic (exact) mass is 230 g/mol. The van der Waals surface area contributed by atoms with Crippen LogP contribution in [0.1, 0.15) is 31.7 Å². The van der Waals surface area contributed by atoms with E-state index in [2.05, 4.69) is 5.92 Å². The van der Waals surface area contributed by atoms with E-state index in [4.69, 9.17) is 11.2 Å². The molecule has 0 bridgehead atoms. The first-order chi connectivity index (χ1) is 8.22. The van der Waals surface area contributed by atoms with Gasteiger partial charge in [0.25, 0.3) is 0 Å². The number of carbonyl (C=O) groups is 1. The van der Waals surface area contributed by atoms with Crippen LogP contribution in [0, 0.1) is 12.3 Å². The Bertz CT molecular complexity index is 384. The van der Waals surface area contributed by atoms with E-state index in [0.717, 1.165) is 30.6 Å². The Hall–Kier alpha value is -1.75. The number of unbranched alkanes of at least 4 members (excludes halogenated alkanes) is 1. The summed E-state index contributed by atoms with van der Waals surface area (Å²) >= 11 is 0. The molecule has 2 heteroatoms. The maximum atomic E-state index is 10.8. The molecular formula is C15H18O2. The number of ketones is 1. The van der Waals surface area contributed by atoms with Gasteiger partial charge in [-0.25, -0.2) is 0 Å². The first kappa shape index (κ1) is 13.3. The second kappa shape index (κ2) is 7.51. The Morgan fingerprint density at radius 2 is 2.06 bits per heavy atom. The summed E-state index contributed by atoms with van der Waals surface area (Å²) in [5.74, 6) is 3.66. The molecule has 0 spiro atoms. The third-order valence-electron chi connectivity index (χ3n) is 2.42. The minimum atomic E-state index is 0.222. The summed E-state index contributed by atoms with van der Waals surface area (Å²) in [4.78, 5) is 10.8. The normalized spacial score (nSPS) is 9.65. The fraction of sp³-hybridized carbons (Fsp3) is 0.400. The van der Waals surface area contributed by atoms with E-state index in [1.807, 2.05) is 24.3 Å². The maximum absolute atomic E-state index is 10.8. The average Bonchev–Trinajstić information content (AvgIpc) is 2.33. The standard InChI is InChI=1S/C15H18O2/c1-3-4-5-12-17-15-10-8-14(9-11-15)7-6-13(2)16/h1,8-11H,4-7,12H2,2H3. The van der Waals surface area contributed by atoms with Gasteiger partial charge in [-0.1, -0.05) is 12.1 Å². The lowest BCUT2D eigenvalue weighted by atomic mass is 10.1. The molecule has 1 aromatic carbocycles. The number of terminal acetylenes is 1. The second-order valence-electron chi connectivity index (χ2n) is 4.00. The highest BCUT2D eigenvalue weighted by Gasteiger charge is 1.98. The molecule has 0 aliphatic heterocycles. The third-order valence-corrected chi connectivity index (χ3v) is 2.42. The predicted octanol–water partition coefficient (Wildman–Crippen LogP) is 3.00. The van der Waals surface area contributed by atoms with Crippen LogP contribution in [-0.2, 0) is 11.2 Å². The zero-order valence-corrected chi connectivity index (χ0v) is 10.2. The average molecular weight is 230 g/mol. The molecule has 1 aromatic rings. The van der Waals surface area contributed by atoms with E-state index in [9.17, 15) is 4.79 Å². The van der Waals surface area contributed by atoms with Crippen LogP contribution in [0.5, 0.6) is 5.75 Å². The summed E-state index contributed by atoms with van der Waals surface area (Å²) < 4.78 is 5.53. The van der Waals surface area contributed by atoms with Crippen LogP contribution in [0.4, 0.5) is 0 Å². The molecule has 0 amide bonds. The summed E-state index contributed by atoms with van der Waals surface area (Å²) in [5.41, 5.74) is 1.16. The molecule has 0 heterocycles. The van der Waals surface area contributed by atoms with Gasteiger partial charge in [-0.2, -0.15) is 0 Å². The van der Waals surface area contributed by atoms with Crippen molar-refractivity contribution in [3.05, 3.63) is 29.8 Å². The highest BCUT2D eigenvalue weighted by atomic mass is 16.5. The van der Waals surface area contributed by atoms with Gasteiger partial charge in [-0.3, -0.25) is 0 Å². The van der Waals surface area contributed by atoms with E-state index >= 15 is 0 Å². The lowest BCUT2D eigenvalue weighted by Crippen LogP contribution is -1.97. The van der Waals surface area contributed by atoms with Gasteiger partial charge in [0, 0.05) is 12.8 Å². The first-order valence-electron chi connectivity index (χ1n) is 5.87. The predicted molar refractivity (Wildman–Crippen MR) is 69.0 cm³/mol. The van der Waals surface area contributed by atoms with E-state index in [0.29, 0.717) is 13.0 Å². The molecule has 0 saturated carbocycles. The molecule has 1 rings (SSSR count). The Morgan fingerprint density at radius 1 is 1.35 bits per heavy atom. The van der Waals surface area contributed by atoms with Crippen LogP contribution in [0.2, 0.25) is 0 Å². The van der Waals surface area contributed by atoms with E-state index in [-0.39, 0.29) is 5.78 Å². The number of carbonyl (C=O) groups excluding carboxylic acids is 1. The van der Waals surface area contributed by atoms with Gasteiger partial charge in [0.05, 0.1) is 6.61 Å². The molecule has 0 N–H and O–H groups in total. The molecule has 0 atom stereocenters. The lowest BCUT2D eigenvalue weighted by Gasteiger charge is -2.06. The Morgan fingerprint density at radius 3 is 2.65 bits per heavy atom. The van der Waals surface area contributed by atoms with Crippen LogP contribution in [0.15, 0.2) is 24.3 Å². The number of hydrogen-bond acceptors (Lipinski definition) is 2. The number of aryl methyl sites for hydroxylation is 1. The number of ether oxygens (including phenoxy) is 1. The highest BCUT2D eigenvalue weighted by molar-refractivity contribution is 5.75. The fourth-order valence-corrected chi connectivity index (χ4v) is 1.44. The molecule has 0 saturated heterocycles. The molecule has 0 aliphatic rings. The largest absolute Gasteiger partial charge is 0.494 e. The summed E-state index contributed by atoms with van der Waals surface area (Å²) in [7, 11) is 0. The van der Waals surface area contributed by atoms with Crippen molar-refractivity contribution in [1.82, 2.24) is 0 Å². The highest BCUT2D eigenvalue weighted by Crippen LogP contribution is 2.13. The first-order valence-corrected chi connectivity index (χ1v) is 5.87. The zero-order valence-electron chi connectivity index (χ0n) is 10.2. The molecule has 17 heavy (non-hydrogen) atoms. The van der Waals surface area contributed by atoms with Crippen molar-refractivity contribution in [3.8, 4) is 18.1 Å². The smallest absolute Gasteiger partial charge is 0.130 e. The number of Topliss-reactive ketones (excluding diaryl/α,β-unsaturated/α-hetero) is 1. The quantitative estimate of drug-likeness (QED) is 0.531. The summed E-state index contributed by atoms with van der Waals surface area (Å²) in [6, 6.07) is 7.87. The number of hydrogen-bond donors (Lipinski definition) is 0. The summed E-state index contributed by atoms with van der Waals surface area (Å²) in [5, 5.41) is 0. The zero-order chi connectivity index (χ0) is 12.5. The molecular weight excluding hydrogens is 212 g/mol. The Balaban J connectivity index is 2.34. The van der Waals surface area contributed by atoms with Crippen LogP contribution in [0.25, 0.3) is 0 Å².